The van der Waals surface area contributed by atoms with Gasteiger partial charge in [0.15, 0.2) is 10.5 Å². The second-order valence-electron chi connectivity index (χ2n) is 4.95. The van der Waals surface area contributed by atoms with Crippen LogP contribution in [-0.4, -0.2) is 22.7 Å². The van der Waals surface area contributed by atoms with Crippen LogP contribution in [0.25, 0.3) is 10.2 Å². The van der Waals surface area contributed by atoms with Crippen LogP contribution in [0, 0.1) is 13.8 Å². The number of amides is 1. The molecule has 3 aromatic rings. The number of aromatic nitrogens is 2. The summed E-state index contributed by atoms with van der Waals surface area (Å²) in [5.74, 6) is 0.915. The lowest BCUT2D eigenvalue weighted by atomic mass is 10.2. The highest BCUT2D eigenvalue weighted by Crippen LogP contribution is 2.29. The first-order valence-corrected chi connectivity index (χ1v) is 7.48. The molecule has 0 bridgehead atoms. The van der Waals surface area contributed by atoms with Gasteiger partial charge in [-0.2, -0.15) is 4.99 Å². The van der Waals surface area contributed by atoms with E-state index >= 15 is 0 Å². The lowest BCUT2D eigenvalue weighted by molar-refractivity contribution is 0.0989. The normalized spacial score (nSPS) is 12.1. The van der Waals surface area contributed by atoms with E-state index in [0.29, 0.717) is 10.6 Å². The average Bonchev–Trinajstić information content (AvgIpc) is 3.06. The SMILES string of the molecule is COc1ccc(C)c2sc(=NC(=O)c3cc(C)on3)n(C)c12. The van der Waals surface area contributed by atoms with Gasteiger partial charge < -0.3 is 13.8 Å². The maximum absolute atomic E-state index is 12.2. The molecule has 1 amide bonds. The molecule has 7 heteroatoms. The molecule has 6 nitrogen and oxygen atoms in total. The monoisotopic (exact) mass is 317 g/mol. The molecule has 0 aliphatic carbocycles. The number of hydrogen-bond acceptors (Lipinski definition) is 5. The van der Waals surface area contributed by atoms with Gasteiger partial charge in [0.1, 0.15) is 17.0 Å². The third-order valence-corrected chi connectivity index (χ3v) is 4.64. The Bertz CT molecular complexity index is 933. The van der Waals surface area contributed by atoms with Gasteiger partial charge >= 0.3 is 5.91 Å². The number of fused-ring (bicyclic) bond motifs is 1. The zero-order valence-electron chi connectivity index (χ0n) is 12.7. The first-order valence-electron chi connectivity index (χ1n) is 6.66. The highest BCUT2D eigenvalue weighted by Gasteiger charge is 2.14. The van der Waals surface area contributed by atoms with E-state index in [0.717, 1.165) is 21.5 Å². The van der Waals surface area contributed by atoms with E-state index in [2.05, 4.69) is 10.1 Å². The Kier molecular flexibility index (Phi) is 3.58. The van der Waals surface area contributed by atoms with Gasteiger partial charge in [0.05, 0.1) is 11.8 Å². The van der Waals surface area contributed by atoms with Crippen molar-refractivity contribution < 1.29 is 14.1 Å². The van der Waals surface area contributed by atoms with E-state index < -0.39 is 5.91 Å². The van der Waals surface area contributed by atoms with E-state index in [-0.39, 0.29) is 5.69 Å². The molecule has 3 rings (SSSR count). The molecule has 0 spiro atoms. The minimum atomic E-state index is -0.421. The third kappa shape index (κ3) is 2.33. The van der Waals surface area contributed by atoms with Crippen molar-refractivity contribution in [2.45, 2.75) is 13.8 Å². The van der Waals surface area contributed by atoms with Crippen molar-refractivity contribution in [2.24, 2.45) is 12.0 Å². The lowest BCUT2D eigenvalue weighted by Gasteiger charge is -2.05. The zero-order chi connectivity index (χ0) is 15.9. The molecule has 0 fully saturated rings. The van der Waals surface area contributed by atoms with E-state index in [9.17, 15) is 4.79 Å². The summed E-state index contributed by atoms with van der Waals surface area (Å²) in [4.78, 5) is 16.9. The van der Waals surface area contributed by atoms with Crippen molar-refractivity contribution in [3.63, 3.8) is 0 Å². The Balaban J connectivity index is 2.19. The molecule has 0 atom stereocenters. The van der Waals surface area contributed by atoms with Crippen LogP contribution in [0.4, 0.5) is 0 Å². The molecule has 0 N–H and O–H groups in total. The van der Waals surface area contributed by atoms with Crippen LogP contribution in [0.5, 0.6) is 5.75 Å². The number of benzene rings is 1. The zero-order valence-corrected chi connectivity index (χ0v) is 13.5. The van der Waals surface area contributed by atoms with Crippen LogP contribution in [-0.2, 0) is 7.05 Å². The minimum Gasteiger partial charge on any atom is -0.495 e. The lowest BCUT2D eigenvalue weighted by Crippen LogP contribution is -2.13. The number of ether oxygens (including phenoxy) is 1. The first-order chi connectivity index (χ1) is 10.5. The standard InChI is InChI=1S/C15H15N3O3S/c1-8-5-6-11(20-4)12-13(8)22-15(18(12)3)16-14(19)10-7-9(2)21-17-10/h5-7H,1-4H3. The third-order valence-electron chi connectivity index (χ3n) is 3.37. The van der Waals surface area contributed by atoms with Gasteiger partial charge in [-0.15, -0.1) is 0 Å². The molecule has 2 aromatic heterocycles. The molecule has 0 radical (unpaired) electrons. The van der Waals surface area contributed by atoms with E-state index in [1.54, 1.807) is 20.1 Å². The minimum absolute atomic E-state index is 0.207. The van der Waals surface area contributed by atoms with Gasteiger partial charge in [0, 0.05) is 13.1 Å². The summed E-state index contributed by atoms with van der Waals surface area (Å²) in [6.07, 6.45) is 0. The maximum Gasteiger partial charge on any atom is 0.301 e. The molecule has 1 aromatic carbocycles. The molecular formula is C15H15N3O3S. The summed E-state index contributed by atoms with van der Waals surface area (Å²) in [6.45, 7) is 3.75. The smallest absolute Gasteiger partial charge is 0.301 e. The summed E-state index contributed by atoms with van der Waals surface area (Å²) in [6, 6.07) is 5.48. The van der Waals surface area contributed by atoms with Crippen LogP contribution in [0.1, 0.15) is 21.8 Å². The second kappa shape index (κ2) is 5.42. The van der Waals surface area contributed by atoms with Gasteiger partial charge in [-0.1, -0.05) is 22.6 Å². The van der Waals surface area contributed by atoms with Gasteiger partial charge in [-0.25, -0.2) is 0 Å². The fourth-order valence-corrected chi connectivity index (χ4v) is 3.33. The molecular weight excluding hydrogens is 302 g/mol. The number of aryl methyl sites for hydroxylation is 3. The van der Waals surface area contributed by atoms with Crippen molar-refractivity contribution in [2.75, 3.05) is 7.11 Å². The molecule has 0 saturated heterocycles. The molecule has 0 aliphatic heterocycles. The van der Waals surface area contributed by atoms with Crippen molar-refractivity contribution in [1.82, 2.24) is 9.72 Å². The van der Waals surface area contributed by atoms with Crippen LogP contribution < -0.4 is 9.54 Å². The summed E-state index contributed by atoms with van der Waals surface area (Å²) >= 11 is 1.45. The predicted octanol–water partition coefficient (Wildman–Crippen LogP) is 2.59. The quantitative estimate of drug-likeness (QED) is 0.728. The van der Waals surface area contributed by atoms with Gasteiger partial charge in [0.2, 0.25) is 0 Å². The number of rotatable bonds is 2. The van der Waals surface area contributed by atoms with Crippen LogP contribution in [0.15, 0.2) is 27.7 Å². The van der Waals surface area contributed by atoms with Crippen molar-refractivity contribution in [3.05, 3.63) is 40.0 Å². The van der Waals surface area contributed by atoms with Crippen LogP contribution in [0.3, 0.4) is 0 Å². The van der Waals surface area contributed by atoms with Crippen molar-refractivity contribution in [1.29, 1.82) is 0 Å². The molecule has 0 aliphatic rings. The number of carbonyl (C=O) groups is 1. The Morgan fingerprint density at radius 2 is 2.18 bits per heavy atom. The summed E-state index contributed by atoms with van der Waals surface area (Å²) in [5, 5.41) is 3.70. The topological polar surface area (TPSA) is 69.6 Å². The number of hydrogen-bond donors (Lipinski definition) is 0. The van der Waals surface area contributed by atoms with E-state index in [1.165, 1.54) is 11.3 Å². The Morgan fingerprint density at radius 3 is 2.82 bits per heavy atom. The molecule has 0 unspecified atom stereocenters. The molecule has 2 heterocycles. The Morgan fingerprint density at radius 1 is 1.41 bits per heavy atom. The molecule has 0 saturated carbocycles. The van der Waals surface area contributed by atoms with Gasteiger partial charge in [0.25, 0.3) is 0 Å². The first kappa shape index (κ1) is 14.5. The maximum atomic E-state index is 12.2. The number of nitrogens with zero attached hydrogens (tertiary/aromatic N) is 3. The number of carbonyl (C=O) groups excluding carboxylic acids is 1. The fourth-order valence-electron chi connectivity index (χ4n) is 2.23. The largest absolute Gasteiger partial charge is 0.495 e. The second-order valence-corrected chi connectivity index (χ2v) is 5.92. The highest BCUT2D eigenvalue weighted by molar-refractivity contribution is 7.16. The summed E-state index contributed by atoms with van der Waals surface area (Å²) in [7, 11) is 3.49. The van der Waals surface area contributed by atoms with Crippen LogP contribution >= 0.6 is 11.3 Å². The van der Waals surface area contributed by atoms with E-state index in [4.69, 9.17) is 9.26 Å². The fraction of sp³-hybridized carbons (Fsp3) is 0.267. The number of thiazole rings is 1. The predicted molar refractivity (Wildman–Crippen MR) is 83.2 cm³/mol. The average molecular weight is 317 g/mol. The Hall–Kier alpha value is -2.41. The molecule has 22 heavy (non-hydrogen) atoms. The summed E-state index contributed by atoms with van der Waals surface area (Å²) < 4.78 is 13.2. The highest BCUT2D eigenvalue weighted by atomic mass is 32.1. The summed E-state index contributed by atoms with van der Waals surface area (Å²) in [5.41, 5.74) is 2.25. The van der Waals surface area contributed by atoms with Crippen LogP contribution in [0.2, 0.25) is 0 Å². The number of methoxy groups -OCH3 is 1. The van der Waals surface area contributed by atoms with Gasteiger partial charge in [-0.05, 0) is 25.5 Å². The van der Waals surface area contributed by atoms with Crippen molar-refractivity contribution in [3.8, 4) is 5.75 Å². The Labute approximate surface area is 130 Å². The van der Waals surface area contributed by atoms with Crippen molar-refractivity contribution >= 4 is 27.5 Å². The van der Waals surface area contributed by atoms with Gasteiger partial charge in [-0.3, -0.25) is 4.79 Å². The van der Waals surface area contributed by atoms with E-state index in [1.807, 2.05) is 30.7 Å². The molecule has 114 valence electrons.